The number of rotatable bonds is 0. The van der Waals surface area contributed by atoms with E-state index in [1.165, 1.54) is 10.4 Å². The molecule has 1 radical (unpaired) electrons. The molecule has 10 heavy (non-hydrogen) atoms. The number of hydrogen-bond donors (Lipinski definition) is 0. The SMILES string of the molecule is [BeH2].[c]1ccc2cccsc1-2. The van der Waals surface area contributed by atoms with Gasteiger partial charge in [0.05, 0.1) is 0 Å². The molecule has 0 aromatic carbocycles. The molecule has 0 N–H and O–H groups in total. The fourth-order valence-electron chi connectivity index (χ4n) is 0.850. The Morgan fingerprint density at radius 2 is 2.20 bits per heavy atom. The summed E-state index contributed by atoms with van der Waals surface area (Å²) in [6, 6.07) is 11.3. The molecule has 0 amide bonds. The maximum atomic E-state index is 3.14. The molecule has 1 aliphatic carbocycles. The number of fused-ring (bicyclic) bond motifs is 1. The van der Waals surface area contributed by atoms with E-state index < -0.39 is 0 Å². The minimum absolute atomic E-state index is 0. The molecule has 47 valence electrons. The predicted octanol–water partition coefficient (Wildman–Crippen LogP) is 1.74. The van der Waals surface area contributed by atoms with Crippen LogP contribution in [0, 0.1) is 6.07 Å². The standard InChI is InChI=1S/C8H5S.Be.2H/c1-3-7-4-2-6-9-8(7)5-1;;;/h1-4,6H;;;. The van der Waals surface area contributed by atoms with Crippen LogP contribution in [-0.2, 0) is 0 Å². The molecular formula is C8H7BeS. The third-order valence-corrected chi connectivity index (χ3v) is 2.16. The van der Waals surface area contributed by atoms with Crippen LogP contribution in [0.4, 0.5) is 0 Å². The average molecular weight is 144 g/mol. The Morgan fingerprint density at radius 3 is 3.00 bits per heavy atom. The first-order chi connectivity index (χ1) is 4.47. The van der Waals surface area contributed by atoms with Gasteiger partial charge in [-0.3, -0.25) is 0 Å². The topological polar surface area (TPSA) is 0 Å². The molecule has 0 aromatic heterocycles. The van der Waals surface area contributed by atoms with Gasteiger partial charge in [0.25, 0.3) is 0 Å². The van der Waals surface area contributed by atoms with E-state index in [1.54, 1.807) is 11.3 Å². The van der Waals surface area contributed by atoms with Crippen molar-refractivity contribution in [2.75, 3.05) is 0 Å². The molecule has 0 atom stereocenters. The summed E-state index contributed by atoms with van der Waals surface area (Å²) in [6.45, 7) is 0. The molecule has 0 nitrogen and oxygen atoms in total. The van der Waals surface area contributed by atoms with Crippen LogP contribution in [0.25, 0.3) is 10.4 Å². The van der Waals surface area contributed by atoms with Crippen LogP contribution in [0.15, 0.2) is 29.6 Å². The maximum absolute atomic E-state index is 3.14. The molecule has 2 aliphatic rings. The van der Waals surface area contributed by atoms with E-state index in [1.807, 2.05) is 6.07 Å². The molecule has 1 aliphatic heterocycles. The van der Waals surface area contributed by atoms with Crippen molar-refractivity contribution in [1.29, 1.82) is 0 Å². The summed E-state index contributed by atoms with van der Waals surface area (Å²) in [7, 11) is 0. The van der Waals surface area contributed by atoms with Crippen molar-refractivity contribution < 1.29 is 0 Å². The second-order valence-electron chi connectivity index (χ2n) is 1.88. The van der Waals surface area contributed by atoms with Crippen molar-refractivity contribution in [1.82, 2.24) is 0 Å². The van der Waals surface area contributed by atoms with Crippen LogP contribution < -0.4 is 0 Å². The van der Waals surface area contributed by atoms with Gasteiger partial charge in [-0.15, -0.1) is 11.3 Å². The molecule has 0 unspecified atom stereocenters. The van der Waals surface area contributed by atoms with Gasteiger partial charge in [0.2, 0.25) is 0 Å². The van der Waals surface area contributed by atoms with Crippen molar-refractivity contribution in [3.63, 3.8) is 0 Å². The Labute approximate surface area is 68.1 Å². The molecule has 0 spiro atoms. The van der Waals surface area contributed by atoms with Crippen LogP contribution in [0.3, 0.4) is 0 Å². The normalized spacial score (nSPS) is 9.20. The second kappa shape index (κ2) is 2.96. The van der Waals surface area contributed by atoms with Crippen LogP contribution in [0.5, 0.6) is 0 Å². The molecule has 0 aromatic rings. The Kier molecular flexibility index (Phi) is 2.20. The van der Waals surface area contributed by atoms with E-state index in [4.69, 9.17) is 0 Å². The third kappa shape index (κ3) is 1.11. The zero-order valence-corrected chi connectivity index (χ0v) is 5.61. The summed E-state index contributed by atoms with van der Waals surface area (Å²) in [5, 5.41) is 2.07. The molecular weight excluding hydrogens is 137 g/mol. The fraction of sp³-hybridized carbons (Fsp3) is 0. The Morgan fingerprint density at radius 1 is 1.30 bits per heavy atom. The minimum Gasteiger partial charge on any atom is -0.143 e. The molecule has 1 heterocycles. The van der Waals surface area contributed by atoms with Gasteiger partial charge < -0.3 is 0 Å². The van der Waals surface area contributed by atoms with Gasteiger partial charge in [-0.1, -0.05) is 24.3 Å². The van der Waals surface area contributed by atoms with E-state index in [-0.39, 0.29) is 10.1 Å². The summed E-state index contributed by atoms with van der Waals surface area (Å²) in [5.41, 5.74) is 1.29. The minimum atomic E-state index is 0. The first-order valence-electron chi connectivity index (χ1n) is 2.81. The van der Waals surface area contributed by atoms with Crippen molar-refractivity contribution in [3.8, 4) is 10.4 Å². The first-order valence-corrected chi connectivity index (χ1v) is 3.69. The zero-order chi connectivity index (χ0) is 6.10. The van der Waals surface area contributed by atoms with E-state index in [2.05, 4.69) is 29.6 Å². The predicted molar refractivity (Wildman–Crippen MR) is 48.3 cm³/mol. The van der Waals surface area contributed by atoms with E-state index in [9.17, 15) is 0 Å². The second-order valence-corrected chi connectivity index (χ2v) is 2.79. The smallest absolute Gasteiger partial charge is 0.0421 e. The van der Waals surface area contributed by atoms with Crippen LogP contribution in [-0.4, -0.2) is 10.1 Å². The molecule has 0 saturated carbocycles. The van der Waals surface area contributed by atoms with Crippen LogP contribution in [0.2, 0.25) is 0 Å². The summed E-state index contributed by atoms with van der Waals surface area (Å²) >= 11 is 1.73. The Bertz CT molecular complexity index is 249. The monoisotopic (exact) mass is 144 g/mol. The van der Waals surface area contributed by atoms with E-state index in [0.29, 0.717) is 0 Å². The van der Waals surface area contributed by atoms with Gasteiger partial charge in [0.15, 0.2) is 0 Å². The molecule has 0 bridgehead atoms. The first kappa shape index (κ1) is 7.46. The average Bonchev–Trinajstić information content (AvgIpc) is 2.33. The van der Waals surface area contributed by atoms with Gasteiger partial charge in [-0.25, -0.2) is 0 Å². The maximum Gasteiger partial charge on any atom is 0.0421 e. The van der Waals surface area contributed by atoms with Gasteiger partial charge in [0.1, 0.15) is 0 Å². The quantitative estimate of drug-likeness (QED) is 0.494. The van der Waals surface area contributed by atoms with Crippen molar-refractivity contribution in [2.45, 2.75) is 0 Å². The fourth-order valence-corrected chi connectivity index (χ4v) is 1.55. The largest absolute Gasteiger partial charge is 0.143 e. The van der Waals surface area contributed by atoms with Crippen LogP contribution >= 0.6 is 11.3 Å². The summed E-state index contributed by atoms with van der Waals surface area (Å²) < 4.78 is 0. The Hall–Kier alpha value is -0.651. The van der Waals surface area contributed by atoms with E-state index >= 15 is 0 Å². The van der Waals surface area contributed by atoms with E-state index in [0.717, 1.165) is 0 Å². The molecule has 0 saturated heterocycles. The summed E-state index contributed by atoms with van der Waals surface area (Å²) in [4.78, 5) is 1.25. The zero-order valence-electron chi connectivity index (χ0n) is 4.79. The summed E-state index contributed by atoms with van der Waals surface area (Å²) in [6.07, 6.45) is 0. The molecule has 2 rings (SSSR count). The summed E-state index contributed by atoms with van der Waals surface area (Å²) in [5.74, 6) is 0. The number of hydrogen-bond acceptors (Lipinski definition) is 1. The van der Waals surface area contributed by atoms with Crippen LogP contribution in [0.1, 0.15) is 0 Å². The Balaban J connectivity index is 0.000000500. The van der Waals surface area contributed by atoms with Crippen molar-refractivity contribution >= 4 is 21.5 Å². The molecule has 0 fully saturated rings. The molecule has 2 heteroatoms. The van der Waals surface area contributed by atoms with Gasteiger partial charge in [-0.05, 0) is 10.9 Å². The van der Waals surface area contributed by atoms with Gasteiger partial charge >= 0.3 is 10.1 Å². The van der Waals surface area contributed by atoms with Crippen molar-refractivity contribution in [2.24, 2.45) is 0 Å². The van der Waals surface area contributed by atoms with Crippen molar-refractivity contribution in [3.05, 3.63) is 35.7 Å². The third-order valence-electron chi connectivity index (χ3n) is 1.28. The van der Waals surface area contributed by atoms with Gasteiger partial charge in [-0.2, -0.15) is 0 Å². The van der Waals surface area contributed by atoms with Gasteiger partial charge in [0, 0.05) is 10.9 Å².